The van der Waals surface area contributed by atoms with Crippen molar-refractivity contribution in [3.05, 3.63) is 99.3 Å². The van der Waals surface area contributed by atoms with E-state index >= 15 is 0 Å². The summed E-state index contributed by atoms with van der Waals surface area (Å²) in [4.78, 5) is 30.5. The molecule has 0 fully saturated rings. The van der Waals surface area contributed by atoms with Gasteiger partial charge in [-0.25, -0.2) is 13.8 Å². The minimum atomic E-state index is -0.927. The molecule has 33 heavy (non-hydrogen) atoms. The van der Waals surface area contributed by atoms with Crippen LogP contribution >= 0.6 is 23.4 Å². The summed E-state index contributed by atoms with van der Waals surface area (Å²) in [5.41, 5.74) is 0.541. The van der Waals surface area contributed by atoms with Crippen molar-refractivity contribution in [3.8, 4) is 5.69 Å². The molecule has 0 bridgehead atoms. The van der Waals surface area contributed by atoms with Gasteiger partial charge in [-0.05, 0) is 42.8 Å². The number of carbonyl (C=O) groups excluding carboxylic acids is 1. The minimum absolute atomic E-state index is 0.0997. The molecular formula is C24H18ClF2N3O2S. The van der Waals surface area contributed by atoms with Crippen molar-refractivity contribution in [2.75, 3.05) is 0 Å². The van der Waals surface area contributed by atoms with Gasteiger partial charge in [0.15, 0.2) is 5.16 Å². The summed E-state index contributed by atoms with van der Waals surface area (Å²) >= 11 is 7.04. The van der Waals surface area contributed by atoms with Crippen molar-refractivity contribution in [1.29, 1.82) is 0 Å². The van der Waals surface area contributed by atoms with Gasteiger partial charge in [0.25, 0.3) is 5.56 Å². The summed E-state index contributed by atoms with van der Waals surface area (Å²) in [6.45, 7) is 2.00. The lowest BCUT2D eigenvalue weighted by Gasteiger charge is -2.17. The number of benzene rings is 3. The number of halogens is 3. The molecule has 4 rings (SSSR count). The largest absolute Gasteiger partial charge is 0.351 e. The standard InChI is InChI=1S/C24H18ClF2N3O2S/c1-14(22(31)28-13-15-5-3-2-4-6-15)33-24-29-20-9-7-16(25)11-18(20)23(32)30(24)21-10-8-17(26)12-19(21)27/h2-12,14H,13H2,1H3,(H,28,31). The quantitative estimate of drug-likeness (QED) is 0.304. The second kappa shape index (κ2) is 9.72. The molecule has 0 saturated carbocycles. The molecule has 0 aliphatic rings. The van der Waals surface area contributed by atoms with E-state index in [4.69, 9.17) is 11.6 Å². The van der Waals surface area contributed by atoms with Gasteiger partial charge in [0.05, 0.1) is 21.8 Å². The number of thioether (sulfide) groups is 1. The number of nitrogens with one attached hydrogen (secondary N) is 1. The van der Waals surface area contributed by atoms with Crippen LogP contribution < -0.4 is 10.9 Å². The van der Waals surface area contributed by atoms with E-state index in [9.17, 15) is 18.4 Å². The number of carbonyl (C=O) groups is 1. The third-order valence-corrected chi connectivity index (χ3v) is 6.20. The van der Waals surface area contributed by atoms with E-state index in [0.717, 1.165) is 34.0 Å². The van der Waals surface area contributed by atoms with Crippen molar-refractivity contribution >= 4 is 40.2 Å². The number of hydrogen-bond donors (Lipinski definition) is 1. The van der Waals surface area contributed by atoms with E-state index in [1.54, 1.807) is 19.1 Å². The molecule has 1 atom stereocenters. The van der Waals surface area contributed by atoms with Crippen LogP contribution in [0, 0.1) is 11.6 Å². The Hall–Kier alpha value is -3.23. The number of hydrogen-bond acceptors (Lipinski definition) is 4. The van der Waals surface area contributed by atoms with Gasteiger partial charge >= 0.3 is 0 Å². The van der Waals surface area contributed by atoms with Crippen molar-refractivity contribution in [3.63, 3.8) is 0 Å². The number of fused-ring (bicyclic) bond motifs is 1. The molecule has 0 spiro atoms. The highest BCUT2D eigenvalue weighted by Crippen LogP contribution is 2.27. The Morgan fingerprint density at radius 3 is 2.61 bits per heavy atom. The number of nitrogens with zero attached hydrogens (tertiary/aromatic N) is 2. The Labute approximate surface area is 197 Å². The highest BCUT2D eigenvalue weighted by atomic mass is 35.5. The first kappa shape index (κ1) is 22.9. The fourth-order valence-electron chi connectivity index (χ4n) is 3.23. The van der Waals surface area contributed by atoms with Gasteiger partial charge in [0, 0.05) is 17.6 Å². The van der Waals surface area contributed by atoms with Crippen LogP contribution in [0.15, 0.2) is 76.7 Å². The first-order valence-electron chi connectivity index (χ1n) is 9.99. The van der Waals surface area contributed by atoms with Crippen molar-refractivity contribution in [2.24, 2.45) is 0 Å². The van der Waals surface area contributed by atoms with Gasteiger partial charge < -0.3 is 5.32 Å². The summed E-state index contributed by atoms with van der Waals surface area (Å²) in [6, 6.07) is 16.9. The molecule has 1 unspecified atom stereocenters. The third kappa shape index (κ3) is 5.07. The molecule has 1 aromatic heterocycles. The van der Waals surface area contributed by atoms with Crippen LogP contribution in [0.3, 0.4) is 0 Å². The van der Waals surface area contributed by atoms with Crippen molar-refractivity contribution in [1.82, 2.24) is 14.9 Å². The zero-order chi connectivity index (χ0) is 23.5. The Kier molecular flexibility index (Phi) is 6.76. The van der Waals surface area contributed by atoms with Gasteiger partial charge in [0.1, 0.15) is 11.6 Å². The normalized spacial score (nSPS) is 12.0. The highest BCUT2D eigenvalue weighted by molar-refractivity contribution is 8.00. The Morgan fingerprint density at radius 2 is 1.88 bits per heavy atom. The monoisotopic (exact) mass is 485 g/mol. The molecule has 5 nitrogen and oxygen atoms in total. The molecular weight excluding hydrogens is 468 g/mol. The average Bonchev–Trinajstić information content (AvgIpc) is 2.80. The van der Waals surface area contributed by atoms with Gasteiger partial charge in [0.2, 0.25) is 5.91 Å². The van der Waals surface area contributed by atoms with Crippen molar-refractivity contribution < 1.29 is 13.6 Å². The number of amides is 1. The fraction of sp³-hybridized carbons (Fsp3) is 0.125. The topological polar surface area (TPSA) is 64.0 Å². The van der Waals surface area contributed by atoms with Gasteiger partial charge in [-0.1, -0.05) is 53.7 Å². The van der Waals surface area contributed by atoms with Crippen LogP contribution in [0.2, 0.25) is 5.02 Å². The summed E-state index contributed by atoms with van der Waals surface area (Å²) in [6.07, 6.45) is 0. The Morgan fingerprint density at radius 1 is 1.12 bits per heavy atom. The molecule has 0 aliphatic heterocycles. The number of rotatable bonds is 6. The number of aromatic nitrogens is 2. The van der Waals surface area contributed by atoms with E-state index in [0.29, 0.717) is 23.2 Å². The lowest BCUT2D eigenvalue weighted by Crippen LogP contribution is -2.31. The van der Waals surface area contributed by atoms with E-state index < -0.39 is 22.4 Å². The van der Waals surface area contributed by atoms with Crippen LogP contribution in [-0.2, 0) is 11.3 Å². The maximum absolute atomic E-state index is 14.6. The van der Waals surface area contributed by atoms with Crippen molar-refractivity contribution in [2.45, 2.75) is 23.9 Å². The molecule has 1 heterocycles. The van der Waals surface area contributed by atoms with E-state index in [1.165, 1.54) is 6.07 Å². The van der Waals surface area contributed by atoms with E-state index in [-0.39, 0.29) is 22.1 Å². The lowest BCUT2D eigenvalue weighted by molar-refractivity contribution is -0.120. The van der Waals surface area contributed by atoms with Crippen LogP contribution in [-0.4, -0.2) is 20.7 Å². The fourth-order valence-corrected chi connectivity index (χ4v) is 4.35. The van der Waals surface area contributed by atoms with E-state index in [1.807, 2.05) is 30.3 Å². The summed E-state index contributed by atoms with van der Waals surface area (Å²) in [5, 5.41) is 2.79. The second-order valence-corrected chi connectivity index (χ2v) is 9.00. The first-order chi connectivity index (χ1) is 15.8. The summed E-state index contributed by atoms with van der Waals surface area (Å²) in [7, 11) is 0. The van der Waals surface area contributed by atoms with Gasteiger partial charge in [-0.3, -0.25) is 14.2 Å². The first-order valence-corrected chi connectivity index (χ1v) is 11.3. The molecule has 1 N–H and O–H groups in total. The zero-order valence-corrected chi connectivity index (χ0v) is 19.0. The third-order valence-electron chi connectivity index (χ3n) is 4.91. The SMILES string of the molecule is CC(Sc1nc2ccc(Cl)cc2c(=O)n1-c1ccc(F)cc1F)C(=O)NCc1ccccc1. The average molecular weight is 486 g/mol. The molecule has 9 heteroatoms. The smallest absolute Gasteiger partial charge is 0.266 e. The summed E-state index contributed by atoms with van der Waals surface area (Å²) < 4.78 is 29.2. The van der Waals surface area contributed by atoms with Crippen LogP contribution in [0.4, 0.5) is 8.78 Å². The Bertz CT molecular complexity index is 1400. The van der Waals surface area contributed by atoms with E-state index in [2.05, 4.69) is 10.3 Å². The molecule has 3 aromatic carbocycles. The van der Waals surface area contributed by atoms with Gasteiger partial charge in [-0.15, -0.1) is 0 Å². The maximum atomic E-state index is 14.6. The molecule has 168 valence electrons. The zero-order valence-electron chi connectivity index (χ0n) is 17.4. The molecule has 0 radical (unpaired) electrons. The molecule has 1 amide bonds. The molecule has 0 saturated heterocycles. The summed E-state index contributed by atoms with van der Waals surface area (Å²) in [5.74, 6) is -1.98. The highest BCUT2D eigenvalue weighted by Gasteiger charge is 2.22. The predicted octanol–water partition coefficient (Wildman–Crippen LogP) is 5.11. The maximum Gasteiger partial charge on any atom is 0.266 e. The Balaban J connectivity index is 1.72. The van der Waals surface area contributed by atoms with Crippen LogP contribution in [0.25, 0.3) is 16.6 Å². The van der Waals surface area contributed by atoms with Crippen LogP contribution in [0.5, 0.6) is 0 Å². The lowest BCUT2D eigenvalue weighted by atomic mass is 10.2. The van der Waals surface area contributed by atoms with Crippen LogP contribution in [0.1, 0.15) is 12.5 Å². The second-order valence-electron chi connectivity index (χ2n) is 7.26. The molecule has 4 aromatic rings. The minimum Gasteiger partial charge on any atom is -0.351 e. The molecule has 0 aliphatic carbocycles. The van der Waals surface area contributed by atoms with Gasteiger partial charge in [-0.2, -0.15) is 0 Å². The predicted molar refractivity (Wildman–Crippen MR) is 126 cm³/mol.